The molecule has 0 atom stereocenters. The maximum Gasteiger partial charge on any atom is 0.277 e. The van der Waals surface area contributed by atoms with Gasteiger partial charge in [0.1, 0.15) is 10.8 Å². The van der Waals surface area contributed by atoms with Crippen LogP contribution in [0.25, 0.3) is 4.96 Å². The number of fused-ring (bicyclic) bond motifs is 1. The topological polar surface area (TPSA) is 53.7 Å². The van der Waals surface area contributed by atoms with E-state index in [0.29, 0.717) is 4.96 Å². The molecule has 3 rings (SSSR count). The number of likely N-dealkylation sites (N-methyl/N-ethyl adjacent to an activating group) is 1. The van der Waals surface area contributed by atoms with Crippen molar-refractivity contribution in [3.63, 3.8) is 0 Å². The normalized spacial score (nSPS) is 17.0. The maximum absolute atomic E-state index is 12.1. The fourth-order valence-corrected chi connectivity index (χ4v) is 3.27. The standard InChI is InChI=1S/C13H19N5OS/c1-3-11-15-18-12(19)9-10(14-13(18)20-11)17-7-5-16(4-2)6-8-17/h9H,3-8H2,1-2H3. The molecule has 6 nitrogen and oxygen atoms in total. The van der Waals surface area contributed by atoms with E-state index in [1.54, 1.807) is 6.07 Å². The van der Waals surface area contributed by atoms with Crippen molar-refractivity contribution in [2.45, 2.75) is 20.3 Å². The Bertz CT molecular complexity index is 656. The van der Waals surface area contributed by atoms with Crippen molar-refractivity contribution in [3.8, 4) is 0 Å². The molecule has 3 heterocycles. The minimum atomic E-state index is -0.0844. The number of nitrogens with zero attached hydrogens (tertiary/aromatic N) is 5. The van der Waals surface area contributed by atoms with E-state index in [1.807, 2.05) is 6.92 Å². The van der Waals surface area contributed by atoms with E-state index in [-0.39, 0.29) is 5.56 Å². The second-order valence-electron chi connectivity index (χ2n) is 4.92. The molecule has 1 saturated heterocycles. The highest BCUT2D eigenvalue weighted by Crippen LogP contribution is 2.17. The van der Waals surface area contributed by atoms with Crippen LogP contribution in [0.3, 0.4) is 0 Å². The Morgan fingerprint density at radius 2 is 2.00 bits per heavy atom. The molecule has 1 fully saturated rings. The number of aryl methyl sites for hydroxylation is 1. The molecule has 0 saturated carbocycles. The molecule has 0 aliphatic carbocycles. The molecular formula is C13H19N5OS. The molecule has 0 bridgehead atoms. The Labute approximate surface area is 121 Å². The largest absolute Gasteiger partial charge is 0.354 e. The lowest BCUT2D eigenvalue weighted by atomic mass is 10.3. The molecule has 0 spiro atoms. The summed E-state index contributed by atoms with van der Waals surface area (Å²) in [6, 6.07) is 1.60. The minimum absolute atomic E-state index is 0.0844. The zero-order chi connectivity index (χ0) is 14.1. The molecule has 7 heteroatoms. The van der Waals surface area contributed by atoms with Gasteiger partial charge >= 0.3 is 0 Å². The molecule has 0 unspecified atom stereocenters. The minimum Gasteiger partial charge on any atom is -0.354 e. The third-order valence-electron chi connectivity index (χ3n) is 3.72. The summed E-state index contributed by atoms with van der Waals surface area (Å²) in [5, 5.41) is 5.22. The van der Waals surface area contributed by atoms with Gasteiger partial charge in [0.15, 0.2) is 0 Å². The van der Waals surface area contributed by atoms with Gasteiger partial charge in [-0.1, -0.05) is 25.2 Å². The summed E-state index contributed by atoms with van der Waals surface area (Å²) in [7, 11) is 0. The fraction of sp³-hybridized carbons (Fsp3) is 0.615. The lowest BCUT2D eigenvalue weighted by molar-refractivity contribution is 0.270. The van der Waals surface area contributed by atoms with Gasteiger partial charge in [-0.05, 0) is 13.0 Å². The number of rotatable bonds is 3. The summed E-state index contributed by atoms with van der Waals surface area (Å²) < 4.78 is 1.41. The first-order valence-electron chi connectivity index (χ1n) is 7.08. The van der Waals surface area contributed by atoms with Gasteiger partial charge in [-0.2, -0.15) is 9.61 Å². The Hall–Kier alpha value is -1.47. The molecule has 0 N–H and O–H groups in total. The summed E-state index contributed by atoms with van der Waals surface area (Å²) in [6.45, 7) is 9.20. The SMILES string of the molecule is CCc1nn2c(=O)cc(N3CCN(CC)CC3)nc2s1. The van der Waals surface area contributed by atoms with Gasteiger partial charge in [0.05, 0.1) is 0 Å². The predicted molar refractivity (Wildman–Crippen MR) is 80.8 cm³/mol. The van der Waals surface area contributed by atoms with Crippen LogP contribution in [0.5, 0.6) is 0 Å². The zero-order valence-electron chi connectivity index (χ0n) is 11.9. The molecule has 0 radical (unpaired) electrons. The molecule has 1 aliphatic rings. The first-order valence-corrected chi connectivity index (χ1v) is 7.90. The third kappa shape index (κ3) is 2.43. The van der Waals surface area contributed by atoms with Gasteiger partial charge in [0.25, 0.3) is 5.56 Å². The molecule has 2 aromatic rings. The first-order chi connectivity index (χ1) is 9.71. The van der Waals surface area contributed by atoms with Crippen LogP contribution in [0.2, 0.25) is 0 Å². The van der Waals surface area contributed by atoms with E-state index in [1.165, 1.54) is 15.9 Å². The Morgan fingerprint density at radius 3 is 2.65 bits per heavy atom. The molecule has 2 aromatic heterocycles. The van der Waals surface area contributed by atoms with Crippen LogP contribution < -0.4 is 10.5 Å². The first kappa shape index (κ1) is 13.5. The van der Waals surface area contributed by atoms with Crippen molar-refractivity contribution in [1.82, 2.24) is 19.5 Å². The number of hydrogen-bond acceptors (Lipinski definition) is 6. The van der Waals surface area contributed by atoms with Gasteiger partial charge in [0.2, 0.25) is 4.96 Å². The van der Waals surface area contributed by atoms with E-state index in [0.717, 1.165) is 50.0 Å². The maximum atomic E-state index is 12.1. The summed E-state index contributed by atoms with van der Waals surface area (Å²) in [6.07, 6.45) is 0.831. The van der Waals surface area contributed by atoms with Crippen LogP contribution in [-0.2, 0) is 6.42 Å². The van der Waals surface area contributed by atoms with Crippen molar-refractivity contribution in [3.05, 3.63) is 21.4 Å². The zero-order valence-corrected chi connectivity index (χ0v) is 12.7. The number of anilines is 1. The van der Waals surface area contributed by atoms with Gasteiger partial charge < -0.3 is 9.80 Å². The number of aromatic nitrogens is 3. The highest BCUT2D eigenvalue weighted by molar-refractivity contribution is 7.16. The monoisotopic (exact) mass is 293 g/mol. The van der Waals surface area contributed by atoms with Crippen LogP contribution in [0.1, 0.15) is 18.9 Å². The average Bonchev–Trinajstić information content (AvgIpc) is 2.91. The van der Waals surface area contributed by atoms with Gasteiger partial charge in [-0.25, -0.2) is 4.98 Å². The Balaban J connectivity index is 1.91. The highest BCUT2D eigenvalue weighted by atomic mass is 32.1. The van der Waals surface area contributed by atoms with Crippen LogP contribution in [-0.4, -0.2) is 52.2 Å². The second-order valence-corrected chi connectivity index (χ2v) is 5.96. The Morgan fingerprint density at radius 1 is 1.25 bits per heavy atom. The van der Waals surface area contributed by atoms with E-state index in [2.05, 4.69) is 26.8 Å². The average molecular weight is 293 g/mol. The van der Waals surface area contributed by atoms with Crippen LogP contribution in [0.4, 0.5) is 5.82 Å². The van der Waals surface area contributed by atoms with Crippen LogP contribution in [0, 0.1) is 0 Å². The lowest BCUT2D eigenvalue weighted by Crippen LogP contribution is -2.46. The van der Waals surface area contributed by atoms with E-state index >= 15 is 0 Å². The molecule has 0 amide bonds. The Kier molecular flexibility index (Phi) is 3.71. The molecule has 1 aliphatic heterocycles. The summed E-state index contributed by atoms with van der Waals surface area (Å²) in [5.41, 5.74) is -0.0844. The van der Waals surface area contributed by atoms with E-state index < -0.39 is 0 Å². The van der Waals surface area contributed by atoms with Crippen LogP contribution in [0.15, 0.2) is 10.9 Å². The van der Waals surface area contributed by atoms with Crippen molar-refractivity contribution in [2.24, 2.45) is 0 Å². The molecule has 0 aromatic carbocycles. The summed E-state index contributed by atoms with van der Waals surface area (Å²) in [4.78, 5) is 22.0. The van der Waals surface area contributed by atoms with Gasteiger partial charge in [-0.15, -0.1) is 0 Å². The lowest BCUT2D eigenvalue weighted by Gasteiger charge is -2.34. The van der Waals surface area contributed by atoms with Crippen LogP contribution >= 0.6 is 11.3 Å². The predicted octanol–water partition coefficient (Wildman–Crippen LogP) is 0.855. The smallest absolute Gasteiger partial charge is 0.277 e. The van der Waals surface area contributed by atoms with Gasteiger partial charge in [0, 0.05) is 32.2 Å². The fourth-order valence-electron chi connectivity index (χ4n) is 2.44. The number of hydrogen-bond donors (Lipinski definition) is 0. The second kappa shape index (κ2) is 5.49. The molecular weight excluding hydrogens is 274 g/mol. The number of piperazine rings is 1. The highest BCUT2D eigenvalue weighted by Gasteiger charge is 2.18. The van der Waals surface area contributed by atoms with Crippen molar-refractivity contribution >= 4 is 22.1 Å². The summed E-state index contributed by atoms with van der Waals surface area (Å²) >= 11 is 1.50. The molecule has 108 valence electrons. The van der Waals surface area contributed by atoms with E-state index in [9.17, 15) is 4.79 Å². The third-order valence-corrected chi connectivity index (χ3v) is 4.77. The van der Waals surface area contributed by atoms with E-state index in [4.69, 9.17) is 0 Å². The van der Waals surface area contributed by atoms with Gasteiger partial charge in [-0.3, -0.25) is 4.79 Å². The van der Waals surface area contributed by atoms with Crippen molar-refractivity contribution < 1.29 is 0 Å². The van der Waals surface area contributed by atoms with Crippen molar-refractivity contribution in [2.75, 3.05) is 37.6 Å². The quantitative estimate of drug-likeness (QED) is 0.840. The summed E-state index contributed by atoms with van der Waals surface area (Å²) in [5.74, 6) is 0.789. The molecule has 20 heavy (non-hydrogen) atoms. The van der Waals surface area contributed by atoms with Crippen molar-refractivity contribution in [1.29, 1.82) is 0 Å².